The molecule has 2 aromatic carbocycles. The first-order chi connectivity index (χ1) is 12.8. The Morgan fingerprint density at radius 3 is 2.37 bits per heavy atom. The highest BCUT2D eigenvalue weighted by molar-refractivity contribution is 6.32. The van der Waals surface area contributed by atoms with E-state index in [1.165, 1.54) is 0 Å². The summed E-state index contributed by atoms with van der Waals surface area (Å²) in [5.74, 6) is 0.538. The zero-order chi connectivity index (χ0) is 19.6. The predicted molar refractivity (Wildman–Crippen MR) is 106 cm³/mol. The van der Waals surface area contributed by atoms with Crippen LogP contribution in [0.5, 0.6) is 5.75 Å². The van der Waals surface area contributed by atoms with Gasteiger partial charge in [-0.2, -0.15) is 0 Å². The molecule has 3 aromatic rings. The maximum absolute atomic E-state index is 12.4. The van der Waals surface area contributed by atoms with Gasteiger partial charge >= 0.3 is 0 Å². The van der Waals surface area contributed by atoms with Crippen LogP contribution in [0.15, 0.2) is 47.0 Å². The number of hydrogen-bond donors (Lipinski definition) is 1. The van der Waals surface area contributed by atoms with Gasteiger partial charge in [-0.1, -0.05) is 46.6 Å². The minimum Gasteiger partial charge on any atom is -0.481 e. The Morgan fingerprint density at radius 2 is 1.74 bits per heavy atom. The molecule has 1 aromatic heterocycles. The fourth-order valence-electron chi connectivity index (χ4n) is 2.65. The third kappa shape index (κ3) is 4.49. The van der Waals surface area contributed by atoms with Gasteiger partial charge in [-0.05, 0) is 51.0 Å². The van der Waals surface area contributed by atoms with E-state index in [2.05, 4.69) is 10.5 Å². The van der Waals surface area contributed by atoms with Crippen molar-refractivity contribution >= 4 is 23.4 Å². The molecule has 0 aliphatic carbocycles. The molecule has 0 aliphatic heterocycles. The van der Waals surface area contributed by atoms with Gasteiger partial charge in [0.25, 0.3) is 5.91 Å². The van der Waals surface area contributed by atoms with Crippen LogP contribution in [0, 0.1) is 20.8 Å². The van der Waals surface area contributed by atoms with Gasteiger partial charge in [-0.3, -0.25) is 10.1 Å². The molecule has 140 valence electrons. The van der Waals surface area contributed by atoms with Gasteiger partial charge in [-0.25, -0.2) is 0 Å². The summed E-state index contributed by atoms with van der Waals surface area (Å²) >= 11 is 6.16. The summed E-state index contributed by atoms with van der Waals surface area (Å²) in [5, 5.41) is 7.38. The van der Waals surface area contributed by atoms with E-state index in [0.29, 0.717) is 16.5 Å². The number of nitrogens with zero attached hydrogens (tertiary/aromatic N) is 1. The van der Waals surface area contributed by atoms with Gasteiger partial charge in [0.05, 0.1) is 0 Å². The number of aromatic nitrogens is 1. The van der Waals surface area contributed by atoms with E-state index in [9.17, 15) is 4.79 Å². The smallest absolute Gasteiger partial charge is 0.267 e. The minimum absolute atomic E-state index is 0.273. The topological polar surface area (TPSA) is 64.4 Å². The van der Waals surface area contributed by atoms with Gasteiger partial charge in [0.15, 0.2) is 6.10 Å². The zero-order valence-electron chi connectivity index (χ0n) is 15.7. The normalized spacial score (nSPS) is 11.9. The van der Waals surface area contributed by atoms with Crippen molar-refractivity contribution < 1.29 is 14.1 Å². The first kappa shape index (κ1) is 19.0. The maximum Gasteiger partial charge on any atom is 0.267 e. The van der Waals surface area contributed by atoms with E-state index >= 15 is 0 Å². The highest BCUT2D eigenvalue weighted by atomic mass is 35.5. The fraction of sp³-hybridized carbons (Fsp3) is 0.238. The van der Waals surface area contributed by atoms with Crippen molar-refractivity contribution in [3.63, 3.8) is 0 Å². The zero-order valence-corrected chi connectivity index (χ0v) is 16.4. The van der Waals surface area contributed by atoms with Gasteiger partial charge in [-0.15, -0.1) is 0 Å². The highest BCUT2D eigenvalue weighted by Crippen LogP contribution is 2.27. The highest BCUT2D eigenvalue weighted by Gasteiger charge is 2.18. The average molecular weight is 385 g/mol. The summed E-state index contributed by atoms with van der Waals surface area (Å²) in [7, 11) is 0. The van der Waals surface area contributed by atoms with Crippen LogP contribution in [0.4, 0.5) is 5.88 Å². The monoisotopic (exact) mass is 384 g/mol. The predicted octanol–water partition coefficient (Wildman–Crippen LogP) is 5.33. The molecule has 6 heteroatoms. The first-order valence-electron chi connectivity index (χ1n) is 8.61. The van der Waals surface area contributed by atoms with Crippen LogP contribution in [0.1, 0.15) is 23.6 Å². The molecule has 1 heterocycles. The summed E-state index contributed by atoms with van der Waals surface area (Å²) in [6.07, 6.45) is -0.710. The van der Waals surface area contributed by atoms with Crippen LogP contribution in [0.25, 0.3) is 11.3 Å². The number of anilines is 1. The van der Waals surface area contributed by atoms with Crippen LogP contribution in [0.3, 0.4) is 0 Å². The lowest BCUT2D eigenvalue weighted by Gasteiger charge is -2.15. The Labute approximate surface area is 163 Å². The SMILES string of the molecule is Cc1ccc(-c2cc(NC(=O)[C@@H](C)Oc3cc(C)c(Cl)c(C)c3)on2)cc1. The molecular weight excluding hydrogens is 364 g/mol. The molecule has 1 amide bonds. The number of rotatable bonds is 5. The van der Waals surface area contributed by atoms with E-state index in [1.807, 2.05) is 57.2 Å². The largest absolute Gasteiger partial charge is 0.481 e. The summed E-state index contributed by atoms with van der Waals surface area (Å²) in [6, 6.07) is 13.2. The molecule has 0 saturated carbocycles. The Morgan fingerprint density at radius 1 is 1.11 bits per heavy atom. The van der Waals surface area contributed by atoms with E-state index in [1.54, 1.807) is 13.0 Å². The molecule has 0 aliphatic rings. The second-order valence-corrected chi connectivity index (χ2v) is 6.94. The number of halogens is 1. The number of amides is 1. The lowest BCUT2D eigenvalue weighted by atomic mass is 10.1. The molecule has 1 atom stereocenters. The number of hydrogen-bond acceptors (Lipinski definition) is 4. The number of aryl methyl sites for hydroxylation is 3. The lowest BCUT2D eigenvalue weighted by molar-refractivity contribution is -0.122. The second kappa shape index (κ2) is 7.84. The van der Waals surface area contributed by atoms with Crippen LogP contribution in [0.2, 0.25) is 5.02 Å². The van der Waals surface area contributed by atoms with Crippen molar-refractivity contribution in [3.05, 3.63) is 64.2 Å². The summed E-state index contributed by atoms with van der Waals surface area (Å²) in [5.41, 5.74) is 4.54. The quantitative estimate of drug-likeness (QED) is 0.646. The van der Waals surface area contributed by atoms with E-state index < -0.39 is 6.10 Å². The number of carbonyl (C=O) groups is 1. The molecule has 0 radical (unpaired) electrons. The summed E-state index contributed by atoms with van der Waals surface area (Å²) < 4.78 is 11.0. The summed E-state index contributed by atoms with van der Waals surface area (Å²) in [6.45, 7) is 7.48. The molecular formula is C21H21ClN2O3. The van der Waals surface area contributed by atoms with Gasteiger partial charge in [0, 0.05) is 16.7 Å². The van der Waals surface area contributed by atoms with Crippen molar-refractivity contribution in [1.29, 1.82) is 0 Å². The number of ether oxygens (including phenoxy) is 1. The first-order valence-corrected chi connectivity index (χ1v) is 8.99. The Hall–Kier alpha value is -2.79. The molecule has 0 saturated heterocycles. The van der Waals surface area contributed by atoms with Crippen LogP contribution in [-0.2, 0) is 4.79 Å². The van der Waals surface area contributed by atoms with Crippen LogP contribution < -0.4 is 10.1 Å². The molecule has 27 heavy (non-hydrogen) atoms. The molecule has 5 nitrogen and oxygen atoms in total. The van der Waals surface area contributed by atoms with E-state index in [-0.39, 0.29) is 11.8 Å². The Bertz CT molecular complexity index is 941. The molecule has 0 bridgehead atoms. The molecule has 0 spiro atoms. The van der Waals surface area contributed by atoms with Gasteiger partial charge in [0.2, 0.25) is 5.88 Å². The van der Waals surface area contributed by atoms with Gasteiger partial charge < -0.3 is 9.26 Å². The molecule has 0 unspecified atom stereocenters. The third-order valence-electron chi connectivity index (χ3n) is 4.20. The lowest BCUT2D eigenvalue weighted by Crippen LogP contribution is -2.30. The Kier molecular flexibility index (Phi) is 5.51. The average Bonchev–Trinajstić information content (AvgIpc) is 3.08. The maximum atomic E-state index is 12.4. The van der Waals surface area contributed by atoms with Crippen molar-refractivity contribution in [2.24, 2.45) is 0 Å². The molecule has 1 N–H and O–H groups in total. The number of benzene rings is 2. The standard InChI is InChI=1S/C21H21ClN2O3/c1-12-5-7-16(8-6-12)18-11-19(27-24-18)23-21(25)15(4)26-17-9-13(2)20(22)14(3)10-17/h5-11,15H,1-4H3,(H,23,25)/t15-/m1/s1. The molecule has 0 fully saturated rings. The fourth-order valence-corrected chi connectivity index (χ4v) is 2.76. The minimum atomic E-state index is -0.710. The molecule has 3 rings (SSSR count). The van der Waals surface area contributed by atoms with Crippen molar-refractivity contribution in [1.82, 2.24) is 5.16 Å². The van der Waals surface area contributed by atoms with Crippen molar-refractivity contribution in [3.8, 4) is 17.0 Å². The second-order valence-electron chi connectivity index (χ2n) is 6.56. The van der Waals surface area contributed by atoms with Crippen molar-refractivity contribution in [2.45, 2.75) is 33.8 Å². The van der Waals surface area contributed by atoms with E-state index in [0.717, 1.165) is 22.3 Å². The summed E-state index contributed by atoms with van der Waals surface area (Å²) in [4.78, 5) is 12.4. The van der Waals surface area contributed by atoms with E-state index in [4.69, 9.17) is 20.9 Å². The third-order valence-corrected chi connectivity index (χ3v) is 4.79. The Balaban J connectivity index is 1.66. The number of nitrogens with one attached hydrogen (secondary N) is 1. The van der Waals surface area contributed by atoms with Crippen molar-refractivity contribution in [2.75, 3.05) is 5.32 Å². The van der Waals surface area contributed by atoms with Crippen LogP contribution >= 0.6 is 11.6 Å². The van der Waals surface area contributed by atoms with Crippen LogP contribution in [-0.4, -0.2) is 17.2 Å². The number of carbonyl (C=O) groups excluding carboxylic acids is 1. The van der Waals surface area contributed by atoms with Gasteiger partial charge in [0.1, 0.15) is 11.4 Å².